The fraction of sp³-hybridized carbons (Fsp3) is 0.100. The van der Waals surface area contributed by atoms with Crippen molar-refractivity contribution in [1.82, 2.24) is 4.98 Å². The van der Waals surface area contributed by atoms with Crippen molar-refractivity contribution < 1.29 is 5.11 Å². The molecule has 2 aromatic carbocycles. The second-order valence-electron chi connectivity index (χ2n) is 5.37. The van der Waals surface area contributed by atoms with Gasteiger partial charge in [-0.1, -0.05) is 42.5 Å². The molecule has 1 heterocycles. The summed E-state index contributed by atoms with van der Waals surface area (Å²) in [5.41, 5.74) is 3.09. The van der Waals surface area contributed by atoms with Gasteiger partial charge in [-0.25, -0.2) is 4.98 Å². The van der Waals surface area contributed by atoms with Gasteiger partial charge in [0.25, 0.3) is 0 Å². The second-order valence-corrected chi connectivity index (χ2v) is 5.37. The van der Waals surface area contributed by atoms with Crippen molar-refractivity contribution in [2.45, 2.75) is 6.42 Å². The van der Waals surface area contributed by atoms with Gasteiger partial charge in [0.05, 0.1) is 17.3 Å². The number of aromatic nitrogens is 1. The Labute approximate surface area is 141 Å². The minimum absolute atomic E-state index is 0.309. The Kier molecular flexibility index (Phi) is 4.73. The van der Waals surface area contributed by atoms with Crippen LogP contribution in [0.2, 0.25) is 0 Å². The van der Waals surface area contributed by atoms with Crippen molar-refractivity contribution in [1.29, 1.82) is 5.26 Å². The van der Waals surface area contributed by atoms with Crippen molar-refractivity contribution in [3.05, 3.63) is 77.9 Å². The number of nitrogens with one attached hydrogen (secondary N) is 1. The number of nitriles is 1. The number of phenols is 1. The molecular weight excluding hydrogens is 298 g/mol. The molecule has 3 rings (SSSR count). The lowest BCUT2D eigenvalue weighted by molar-refractivity contribution is 0.468. The highest BCUT2D eigenvalue weighted by Crippen LogP contribution is 2.22. The van der Waals surface area contributed by atoms with Crippen LogP contribution in [-0.4, -0.2) is 16.6 Å². The number of pyridine rings is 1. The minimum Gasteiger partial charge on any atom is -0.508 e. The lowest BCUT2D eigenvalue weighted by Crippen LogP contribution is -2.06. The number of benzene rings is 2. The van der Waals surface area contributed by atoms with E-state index in [9.17, 15) is 10.4 Å². The number of nitrogens with zero attached hydrogens (tertiary/aromatic N) is 2. The van der Waals surface area contributed by atoms with Crippen LogP contribution in [0.5, 0.6) is 5.75 Å². The zero-order valence-corrected chi connectivity index (χ0v) is 13.1. The van der Waals surface area contributed by atoms with Crippen LogP contribution in [0.4, 0.5) is 5.82 Å². The lowest BCUT2D eigenvalue weighted by Gasteiger charge is -2.09. The second kappa shape index (κ2) is 7.30. The topological polar surface area (TPSA) is 68.9 Å². The zero-order valence-electron chi connectivity index (χ0n) is 13.1. The summed E-state index contributed by atoms with van der Waals surface area (Å²) >= 11 is 0. The van der Waals surface area contributed by atoms with Crippen LogP contribution in [0.1, 0.15) is 11.1 Å². The Bertz CT molecular complexity index is 884. The van der Waals surface area contributed by atoms with E-state index in [0.717, 1.165) is 22.6 Å². The molecule has 0 radical (unpaired) electrons. The fourth-order valence-electron chi connectivity index (χ4n) is 2.53. The van der Waals surface area contributed by atoms with Crippen LogP contribution in [0.15, 0.2) is 66.7 Å². The maximum Gasteiger partial charge on any atom is 0.126 e. The Morgan fingerprint density at radius 3 is 2.58 bits per heavy atom. The number of rotatable bonds is 5. The zero-order chi connectivity index (χ0) is 16.8. The SMILES string of the molecule is N#Cc1ccccc1-c1cccc(NCCc2ccccc2O)n1. The number of para-hydroxylation sites is 1. The molecule has 0 aliphatic heterocycles. The van der Waals surface area contributed by atoms with Gasteiger partial charge in [0.15, 0.2) is 0 Å². The largest absolute Gasteiger partial charge is 0.508 e. The number of hydrogen-bond acceptors (Lipinski definition) is 4. The summed E-state index contributed by atoms with van der Waals surface area (Å²) in [5, 5.41) is 22.3. The fourth-order valence-corrected chi connectivity index (χ4v) is 2.53. The Balaban J connectivity index is 1.72. The predicted molar refractivity (Wildman–Crippen MR) is 94.7 cm³/mol. The Morgan fingerprint density at radius 1 is 0.958 bits per heavy atom. The molecular formula is C20H17N3O. The average Bonchev–Trinajstić information content (AvgIpc) is 2.63. The molecule has 2 N–H and O–H groups in total. The van der Waals surface area contributed by atoms with E-state index in [4.69, 9.17) is 0 Å². The molecule has 4 heteroatoms. The van der Waals surface area contributed by atoms with Gasteiger partial charge in [0, 0.05) is 12.1 Å². The summed E-state index contributed by atoms with van der Waals surface area (Å²) in [6, 6.07) is 22.6. The number of phenolic OH excluding ortho intramolecular Hbond substituents is 1. The quantitative estimate of drug-likeness (QED) is 0.747. The van der Waals surface area contributed by atoms with Crippen molar-refractivity contribution in [3.63, 3.8) is 0 Å². The summed E-state index contributed by atoms with van der Waals surface area (Å²) in [6.45, 7) is 0.661. The van der Waals surface area contributed by atoms with Crippen LogP contribution >= 0.6 is 0 Å². The molecule has 0 unspecified atom stereocenters. The highest BCUT2D eigenvalue weighted by molar-refractivity contribution is 5.68. The normalized spacial score (nSPS) is 10.1. The maximum atomic E-state index is 9.78. The molecule has 0 aliphatic carbocycles. The number of anilines is 1. The molecule has 0 amide bonds. The third-order valence-electron chi connectivity index (χ3n) is 3.76. The third kappa shape index (κ3) is 3.53. The van der Waals surface area contributed by atoms with Gasteiger partial charge < -0.3 is 10.4 Å². The van der Waals surface area contributed by atoms with E-state index in [1.807, 2.05) is 54.6 Å². The molecule has 0 saturated carbocycles. The van der Waals surface area contributed by atoms with E-state index in [1.165, 1.54) is 0 Å². The summed E-state index contributed by atoms with van der Waals surface area (Å²) < 4.78 is 0. The van der Waals surface area contributed by atoms with Crippen molar-refractivity contribution in [2.75, 3.05) is 11.9 Å². The van der Waals surface area contributed by atoms with Crippen LogP contribution in [-0.2, 0) is 6.42 Å². The highest BCUT2D eigenvalue weighted by atomic mass is 16.3. The average molecular weight is 315 g/mol. The molecule has 0 saturated heterocycles. The first kappa shape index (κ1) is 15.6. The summed E-state index contributed by atoms with van der Waals surface area (Å²) in [7, 11) is 0. The molecule has 1 aromatic heterocycles. The standard InChI is InChI=1S/C20H17N3O/c21-14-16-7-1-3-8-17(16)18-9-5-11-20(23-18)22-13-12-15-6-2-4-10-19(15)24/h1-11,24H,12-13H2,(H,22,23). The van der Waals surface area contributed by atoms with Crippen LogP contribution in [0.25, 0.3) is 11.3 Å². The first-order valence-electron chi connectivity index (χ1n) is 7.75. The molecule has 24 heavy (non-hydrogen) atoms. The molecule has 0 aliphatic rings. The first-order valence-corrected chi connectivity index (χ1v) is 7.75. The van der Waals surface area contributed by atoms with Gasteiger partial charge in [-0.2, -0.15) is 5.26 Å². The van der Waals surface area contributed by atoms with Crippen LogP contribution in [0.3, 0.4) is 0 Å². The van der Waals surface area contributed by atoms with E-state index < -0.39 is 0 Å². The van der Waals surface area contributed by atoms with Gasteiger partial charge in [-0.05, 0) is 36.2 Å². The van der Waals surface area contributed by atoms with E-state index >= 15 is 0 Å². The van der Waals surface area contributed by atoms with E-state index in [0.29, 0.717) is 24.3 Å². The summed E-state index contributed by atoms with van der Waals surface area (Å²) in [4.78, 5) is 4.58. The molecule has 0 bridgehead atoms. The molecule has 4 nitrogen and oxygen atoms in total. The van der Waals surface area contributed by atoms with Crippen molar-refractivity contribution in [3.8, 4) is 23.1 Å². The van der Waals surface area contributed by atoms with Crippen LogP contribution < -0.4 is 5.32 Å². The van der Waals surface area contributed by atoms with Gasteiger partial charge in [-0.3, -0.25) is 0 Å². The summed E-state index contributed by atoms with van der Waals surface area (Å²) in [6.07, 6.45) is 0.702. The third-order valence-corrected chi connectivity index (χ3v) is 3.76. The Hall–Kier alpha value is -3.32. The van der Waals surface area contributed by atoms with Gasteiger partial charge in [0.2, 0.25) is 0 Å². The molecule has 3 aromatic rings. The first-order chi connectivity index (χ1) is 11.8. The molecule has 0 spiro atoms. The summed E-state index contributed by atoms with van der Waals surface area (Å²) in [5.74, 6) is 1.06. The van der Waals surface area contributed by atoms with E-state index in [2.05, 4.69) is 16.4 Å². The molecule has 0 fully saturated rings. The highest BCUT2D eigenvalue weighted by Gasteiger charge is 2.06. The molecule has 118 valence electrons. The number of hydrogen-bond donors (Lipinski definition) is 2. The molecule has 0 atom stereocenters. The maximum absolute atomic E-state index is 9.78. The van der Waals surface area contributed by atoms with Crippen LogP contribution in [0, 0.1) is 11.3 Å². The van der Waals surface area contributed by atoms with E-state index in [-0.39, 0.29) is 0 Å². The predicted octanol–water partition coefficient (Wildman–Crippen LogP) is 3.98. The van der Waals surface area contributed by atoms with Gasteiger partial charge in [0.1, 0.15) is 11.6 Å². The van der Waals surface area contributed by atoms with Gasteiger partial charge >= 0.3 is 0 Å². The minimum atomic E-state index is 0.309. The van der Waals surface area contributed by atoms with Crippen molar-refractivity contribution >= 4 is 5.82 Å². The monoisotopic (exact) mass is 315 g/mol. The lowest BCUT2D eigenvalue weighted by atomic mass is 10.1. The smallest absolute Gasteiger partial charge is 0.126 e. The van der Waals surface area contributed by atoms with Gasteiger partial charge in [-0.15, -0.1) is 0 Å². The number of aromatic hydroxyl groups is 1. The van der Waals surface area contributed by atoms with E-state index in [1.54, 1.807) is 12.1 Å². The van der Waals surface area contributed by atoms with Crippen molar-refractivity contribution in [2.24, 2.45) is 0 Å². The Morgan fingerprint density at radius 2 is 1.75 bits per heavy atom.